The van der Waals surface area contributed by atoms with Crippen LogP contribution in [-0.2, 0) is 6.54 Å². The Morgan fingerprint density at radius 1 is 1.47 bits per heavy atom. The number of hydrogen-bond donors (Lipinski definition) is 0. The maximum Gasteiger partial charge on any atom is 0.287 e. The van der Waals surface area contributed by atoms with Crippen LogP contribution in [0.15, 0.2) is 11.0 Å². The van der Waals surface area contributed by atoms with E-state index in [0.29, 0.717) is 6.54 Å². The highest BCUT2D eigenvalue weighted by molar-refractivity contribution is 6.44. The van der Waals surface area contributed by atoms with Gasteiger partial charge in [-0.3, -0.25) is 4.79 Å². The van der Waals surface area contributed by atoms with Crippen molar-refractivity contribution >= 4 is 46.4 Å². The summed E-state index contributed by atoms with van der Waals surface area (Å²) in [6.07, 6.45) is 1.31. The first kappa shape index (κ1) is 13.1. The monoisotopic (exact) mass is 288 g/mol. The van der Waals surface area contributed by atoms with Crippen LogP contribution in [0.4, 0.5) is 0 Å². The molecule has 1 unspecified atom stereocenters. The molecule has 0 saturated carbocycles. The zero-order valence-corrected chi connectivity index (χ0v) is 10.8. The first-order valence-electron chi connectivity index (χ1n) is 4.12. The average Bonchev–Trinajstić information content (AvgIpc) is 2.18. The third-order valence-electron chi connectivity index (χ3n) is 1.83. The molecule has 15 heavy (non-hydrogen) atoms. The second kappa shape index (κ2) is 5.39. The Kier molecular flexibility index (Phi) is 4.71. The number of halogens is 4. The van der Waals surface area contributed by atoms with E-state index >= 15 is 0 Å². The summed E-state index contributed by atoms with van der Waals surface area (Å²) in [5.74, 6) is -0.101. The summed E-state index contributed by atoms with van der Waals surface area (Å²) >= 11 is 22.6. The Morgan fingerprint density at radius 3 is 2.60 bits per heavy atom. The van der Waals surface area contributed by atoms with Crippen LogP contribution < -0.4 is 5.56 Å². The molecule has 0 radical (unpaired) electrons. The van der Waals surface area contributed by atoms with Crippen molar-refractivity contribution < 1.29 is 0 Å². The van der Waals surface area contributed by atoms with Gasteiger partial charge < -0.3 is 0 Å². The van der Waals surface area contributed by atoms with Gasteiger partial charge in [-0.15, -0.1) is 23.2 Å². The normalized spacial score (nSPS) is 13.2. The second-order valence-electron chi connectivity index (χ2n) is 3.11. The molecule has 3 nitrogen and oxygen atoms in total. The molecule has 0 spiro atoms. The van der Waals surface area contributed by atoms with E-state index in [-0.39, 0.29) is 16.0 Å². The Hall–Kier alpha value is 0.0400. The fourth-order valence-corrected chi connectivity index (χ4v) is 1.36. The number of rotatable bonds is 3. The fraction of sp³-hybridized carbons (Fsp3) is 0.500. The Labute approximate surface area is 107 Å². The lowest BCUT2D eigenvalue weighted by Gasteiger charge is -2.13. The summed E-state index contributed by atoms with van der Waals surface area (Å²) in [4.78, 5) is 11.0. The van der Waals surface area contributed by atoms with Crippen molar-refractivity contribution in [2.75, 3.05) is 0 Å². The van der Waals surface area contributed by atoms with Crippen molar-refractivity contribution in [3.63, 3.8) is 0 Å². The van der Waals surface area contributed by atoms with Crippen molar-refractivity contribution in [3.05, 3.63) is 26.6 Å². The van der Waals surface area contributed by atoms with Gasteiger partial charge in [0.2, 0.25) is 0 Å². The zero-order chi connectivity index (χ0) is 11.6. The van der Waals surface area contributed by atoms with Crippen molar-refractivity contribution in [1.82, 2.24) is 9.78 Å². The highest BCUT2D eigenvalue weighted by Gasteiger charge is 2.15. The van der Waals surface area contributed by atoms with Crippen LogP contribution >= 0.6 is 46.4 Å². The Balaban J connectivity index is 2.97. The van der Waals surface area contributed by atoms with Crippen molar-refractivity contribution in [2.24, 2.45) is 5.92 Å². The van der Waals surface area contributed by atoms with Gasteiger partial charge in [0.05, 0.1) is 17.8 Å². The molecule has 0 saturated heterocycles. The molecule has 0 fully saturated rings. The smallest absolute Gasteiger partial charge is 0.266 e. The van der Waals surface area contributed by atoms with Crippen LogP contribution in [0.25, 0.3) is 0 Å². The van der Waals surface area contributed by atoms with Crippen LogP contribution in [0.2, 0.25) is 10.0 Å². The number of nitrogens with zero attached hydrogens (tertiary/aromatic N) is 2. The molecular formula is C8H8Cl4N2O. The topological polar surface area (TPSA) is 34.9 Å². The predicted octanol–water partition coefficient (Wildman–Crippen LogP) is 2.99. The van der Waals surface area contributed by atoms with Crippen LogP contribution in [0.1, 0.15) is 6.92 Å². The second-order valence-corrected chi connectivity index (χ2v) is 5.05. The van der Waals surface area contributed by atoms with Gasteiger partial charge in [0, 0.05) is 5.92 Å². The first-order chi connectivity index (χ1) is 6.93. The van der Waals surface area contributed by atoms with Crippen LogP contribution in [0, 0.1) is 5.92 Å². The molecule has 1 rings (SSSR count). The van der Waals surface area contributed by atoms with Gasteiger partial charge in [-0.2, -0.15) is 5.10 Å². The van der Waals surface area contributed by atoms with E-state index in [1.54, 1.807) is 6.92 Å². The van der Waals surface area contributed by atoms with Gasteiger partial charge in [0.1, 0.15) is 9.86 Å². The summed E-state index contributed by atoms with van der Waals surface area (Å²) in [5, 5.41) is 3.93. The first-order valence-corrected chi connectivity index (χ1v) is 5.75. The van der Waals surface area contributed by atoms with Crippen molar-refractivity contribution in [2.45, 2.75) is 18.3 Å². The van der Waals surface area contributed by atoms with Gasteiger partial charge in [-0.1, -0.05) is 30.1 Å². The van der Waals surface area contributed by atoms with E-state index < -0.39 is 10.4 Å². The van der Waals surface area contributed by atoms with Crippen LogP contribution in [-0.4, -0.2) is 14.6 Å². The highest BCUT2D eigenvalue weighted by atomic mass is 35.5. The SMILES string of the molecule is CC(Cn1ncc(Cl)c(Cl)c1=O)C(Cl)Cl. The van der Waals surface area contributed by atoms with Gasteiger partial charge in [-0.05, 0) is 0 Å². The lowest BCUT2D eigenvalue weighted by molar-refractivity contribution is 0.454. The zero-order valence-electron chi connectivity index (χ0n) is 7.75. The van der Waals surface area contributed by atoms with Gasteiger partial charge in [-0.25, -0.2) is 4.68 Å². The standard InChI is InChI=1S/C8H8Cl4N2O/c1-4(7(11)12)3-14-8(15)6(10)5(9)2-13-14/h2,4,7H,3H2,1H3. The molecular weight excluding hydrogens is 282 g/mol. The van der Waals surface area contributed by atoms with Gasteiger partial charge in [0.25, 0.3) is 5.56 Å². The molecule has 0 N–H and O–H groups in total. The summed E-state index contributed by atoms with van der Waals surface area (Å²) in [6.45, 7) is 2.11. The van der Waals surface area contributed by atoms with E-state index in [9.17, 15) is 4.79 Å². The maximum atomic E-state index is 11.5. The minimum atomic E-state index is -0.562. The molecule has 0 aliphatic heterocycles. The molecule has 0 bridgehead atoms. The van der Waals surface area contributed by atoms with Crippen molar-refractivity contribution in [3.8, 4) is 0 Å². The summed E-state index contributed by atoms with van der Waals surface area (Å²) < 4.78 is 1.19. The highest BCUT2D eigenvalue weighted by Crippen LogP contribution is 2.18. The quantitative estimate of drug-likeness (QED) is 0.802. The minimum Gasteiger partial charge on any atom is -0.266 e. The van der Waals surface area contributed by atoms with Crippen LogP contribution in [0.5, 0.6) is 0 Å². The summed E-state index contributed by atoms with van der Waals surface area (Å²) in [6, 6.07) is 0. The third kappa shape index (κ3) is 3.25. The molecule has 1 heterocycles. The third-order valence-corrected chi connectivity index (χ3v) is 3.44. The lowest BCUT2D eigenvalue weighted by Crippen LogP contribution is -2.27. The molecule has 0 aliphatic rings. The molecule has 1 aromatic heterocycles. The number of hydrogen-bond acceptors (Lipinski definition) is 2. The maximum absolute atomic E-state index is 11.5. The molecule has 0 amide bonds. The van der Waals surface area contributed by atoms with Crippen molar-refractivity contribution in [1.29, 1.82) is 0 Å². The van der Waals surface area contributed by atoms with E-state index in [4.69, 9.17) is 46.4 Å². The molecule has 84 valence electrons. The van der Waals surface area contributed by atoms with Gasteiger partial charge in [0.15, 0.2) is 0 Å². The molecule has 1 aromatic rings. The van der Waals surface area contributed by atoms with E-state index in [0.717, 1.165) is 0 Å². The number of alkyl halides is 2. The molecule has 0 aromatic carbocycles. The van der Waals surface area contributed by atoms with E-state index in [1.807, 2.05) is 0 Å². The Morgan fingerprint density at radius 2 is 2.07 bits per heavy atom. The number of aromatic nitrogens is 2. The summed E-state index contributed by atoms with van der Waals surface area (Å²) in [7, 11) is 0. The van der Waals surface area contributed by atoms with Crippen LogP contribution in [0.3, 0.4) is 0 Å². The Bertz CT molecular complexity index is 404. The predicted molar refractivity (Wildman–Crippen MR) is 63.2 cm³/mol. The molecule has 0 aliphatic carbocycles. The fourth-order valence-electron chi connectivity index (χ4n) is 0.927. The van der Waals surface area contributed by atoms with E-state index in [2.05, 4.69) is 5.10 Å². The van der Waals surface area contributed by atoms with Gasteiger partial charge >= 0.3 is 0 Å². The van der Waals surface area contributed by atoms with E-state index in [1.165, 1.54) is 10.9 Å². The summed E-state index contributed by atoms with van der Waals surface area (Å²) in [5.41, 5.74) is -0.440. The molecule has 7 heteroatoms. The lowest BCUT2D eigenvalue weighted by atomic mass is 10.2. The minimum absolute atomic E-state index is 0.0421. The molecule has 1 atom stereocenters. The average molecular weight is 290 g/mol. The largest absolute Gasteiger partial charge is 0.287 e.